The van der Waals surface area contributed by atoms with Crippen molar-refractivity contribution < 1.29 is 9.53 Å². The van der Waals surface area contributed by atoms with Gasteiger partial charge in [-0.15, -0.1) is 0 Å². The van der Waals surface area contributed by atoms with Crippen molar-refractivity contribution in [1.29, 1.82) is 0 Å². The first-order valence-electron chi connectivity index (χ1n) is 8.43. The molecule has 0 atom stereocenters. The molecule has 0 bridgehead atoms. The number of aryl methyl sites for hydroxylation is 2. The van der Waals surface area contributed by atoms with Crippen molar-refractivity contribution in [3.63, 3.8) is 0 Å². The molecule has 0 saturated heterocycles. The summed E-state index contributed by atoms with van der Waals surface area (Å²) < 4.78 is 5.23. The normalized spacial score (nSPS) is 10.7. The molecular formula is C19H23ClN2O2. The van der Waals surface area contributed by atoms with Crippen molar-refractivity contribution >= 4 is 17.6 Å². The molecule has 1 heterocycles. The Morgan fingerprint density at radius 1 is 1.00 bits per heavy atom. The van der Waals surface area contributed by atoms with Crippen LogP contribution in [0.5, 0.6) is 0 Å². The van der Waals surface area contributed by atoms with Gasteiger partial charge in [-0.3, -0.25) is 0 Å². The van der Waals surface area contributed by atoms with Crippen LogP contribution in [0.25, 0.3) is 11.4 Å². The van der Waals surface area contributed by atoms with Gasteiger partial charge in [0, 0.05) is 10.6 Å². The Kier molecular flexibility index (Phi) is 6.73. The molecule has 0 N–H and O–H groups in total. The highest BCUT2D eigenvalue weighted by atomic mass is 35.5. The fraction of sp³-hybridized carbons (Fsp3) is 0.421. The highest BCUT2D eigenvalue weighted by Crippen LogP contribution is 2.23. The number of carbonyl (C=O) groups is 1. The number of rotatable bonds is 7. The SMILES string of the molecule is CCCc1nc(-c2ccc(Cl)cc2)nc(CCC)c1C(=O)OCC. The first kappa shape index (κ1) is 18.4. The zero-order valence-electron chi connectivity index (χ0n) is 14.4. The maximum Gasteiger partial charge on any atom is 0.341 e. The molecule has 1 aromatic heterocycles. The molecule has 0 aliphatic rings. The summed E-state index contributed by atoms with van der Waals surface area (Å²) in [6.45, 7) is 6.28. The van der Waals surface area contributed by atoms with E-state index in [0.29, 0.717) is 35.9 Å². The molecule has 0 unspecified atom stereocenters. The number of ether oxygens (including phenoxy) is 1. The first-order chi connectivity index (χ1) is 11.6. The van der Waals surface area contributed by atoms with E-state index in [1.807, 2.05) is 24.3 Å². The lowest BCUT2D eigenvalue weighted by Gasteiger charge is -2.14. The Morgan fingerprint density at radius 3 is 2.00 bits per heavy atom. The minimum Gasteiger partial charge on any atom is -0.462 e. The average molecular weight is 347 g/mol. The molecule has 0 radical (unpaired) electrons. The molecule has 0 fully saturated rings. The van der Waals surface area contributed by atoms with Crippen LogP contribution in [0.4, 0.5) is 0 Å². The van der Waals surface area contributed by atoms with Gasteiger partial charge in [-0.05, 0) is 44.0 Å². The van der Waals surface area contributed by atoms with Crippen molar-refractivity contribution in [2.24, 2.45) is 0 Å². The van der Waals surface area contributed by atoms with Crippen LogP contribution in [0.1, 0.15) is 55.4 Å². The van der Waals surface area contributed by atoms with Crippen LogP contribution in [-0.2, 0) is 17.6 Å². The number of hydrogen-bond acceptors (Lipinski definition) is 4. The van der Waals surface area contributed by atoms with E-state index in [2.05, 4.69) is 23.8 Å². The minimum atomic E-state index is -0.327. The molecule has 2 aromatic rings. The van der Waals surface area contributed by atoms with Crippen molar-refractivity contribution in [3.05, 3.63) is 46.2 Å². The van der Waals surface area contributed by atoms with Crippen LogP contribution in [0, 0.1) is 0 Å². The van der Waals surface area contributed by atoms with E-state index in [9.17, 15) is 4.79 Å². The van der Waals surface area contributed by atoms with Gasteiger partial charge in [0.2, 0.25) is 0 Å². The van der Waals surface area contributed by atoms with Crippen LogP contribution in [-0.4, -0.2) is 22.5 Å². The Bertz CT molecular complexity index is 672. The molecular weight excluding hydrogens is 324 g/mol. The Hall–Kier alpha value is -1.94. The van der Waals surface area contributed by atoms with E-state index in [1.165, 1.54) is 0 Å². The summed E-state index contributed by atoms with van der Waals surface area (Å²) >= 11 is 5.96. The molecule has 0 aliphatic heterocycles. The second kappa shape index (κ2) is 8.78. The van der Waals surface area contributed by atoms with Gasteiger partial charge in [-0.1, -0.05) is 38.3 Å². The number of carbonyl (C=O) groups excluding carboxylic acids is 1. The first-order valence-corrected chi connectivity index (χ1v) is 8.81. The van der Waals surface area contributed by atoms with Gasteiger partial charge in [0.15, 0.2) is 5.82 Å². The van der Waals surface area contributed by atoms with Gasteiger partial charge >= 0.3 is 5.97 Å². The van der Waals surface area contributed by atoms with Gasteiger partial charge in [0.25, 0.3) is 0 Å². The third-order valence-electron chi connectivity index (χ3n) is 3.61. The van der Waals surface area contributed by atoms with E-state index in [4.69, 9.17) is 16.3 Å². The number of hydrogen-bond donors (Lipinski definition) is 0. The maximum atomic E-state index is 12.4. The van der Waals surface area contributed by atoms with E-state index in [-0.39, 0.29) is 5.97 Å². The quantitative estimate of drug-likeness (QED) is 0.670. The average Bonchev–Trinajstić information content (AvgIpc) is 2.56. The van der Waals surface area contributed by atoms with Gasteiger partial charge in [0.05, 0.1) is 18.0 Å². The molecule has 5 heteroatoms. The third kappa shape index (κ3) is 4.32. The predicted octanol–water partition coefficient (Wildman–Crippen LogP) is 4.88. The number of nitrogens with zero attached hydrogens (tertiary/aromatic N) is 2. The smallest absolute Gasteiger partial charge is 0.341 e. The van der Waals surface area contributed by atoms with Crippen molar-refractivity contribution in [2.75, 3.05) is 6.61 Å². The summed E-state index contributed by atoms with van der Waals surface area (Å²) in [5.74, 6) is 0.304. The third-order valence-corrected chi connectivity index (χ3v) is 3.87. The lowest BCUT2D eigenvalue weighted by atomic mass is 10.0. The number of benzene rings is 1. The summed E-state index contributed by atoms with van der Waals surface area (Å²) in [5.41, 5.74) is 2.96. The monoisotopic (exact) mass is 346 g/mol. The van der Waals surface area contributed by atoms with Crippen molar-refractivity contribution in [3.8, 4) is 11.4 Å². The molecule has 4 nitrogen and oxygen atoms in total. The largest absolute Gasteiger partial charge is 0.462 e. The molecule has 0 aliphatic carbocycles. The van der Waals surface area contributed by atoms with Crippen LogP contribution in [0.15, 0.2) is 24.3 Å². The van der Waals surface area contributed by atoms with E-state index in [1.54, 1.807) is 6.92 Å². The molecule has 0 amide bonds. The Labute approximate surface area is 148 Å². The summed E-state index contributed by atoms with van der Waals surface area (Å²) in [6.07, 6.45) is 3.23. The van der Waals surface area contributed by atoms with Crippen LogP contribution >= 0.6 is 11.6 Å². The standard InChI is InChI=1S/C19H23ClN2O2/c1-4-7-15-17(19(23)24-6-3)16(8-5-2)22-18(21-15)13-9-11-14(20)12-10-13/h9-12H,4-8H2,1-3H3. The van der Waals surface area contributed by atoms with Gasteiger partial charge < -0.3 is 4.74 Å². The topological polar surface area (TPSA) is 52.1 Å². The zero-order valence-corrected chi connectivity index (χ0v) is 15.2. The maximum absolute atomic E-state index is 12.4. The van der Waals surface area contributed by atoms with Gasteiger partial charge in [0.1, 0.15) is 5.56 Å². The molecule has 24 heavy (non-hydrogen) atoms. The second-order valence-corrected chi connectivity index (χ2v) is 5.98. The summed E-state index contributed by atoms with van der Waals surface area (Å²) in [5, 5.41) is 0.671. The Balaban J connectivity index is 2.58. The molecule has 0 saturated carbocycles. The minimum absolute atomic E-state index is 0.327. The van der Waals surface area contributed by atoms with E-state index in [0.717, 1.165) is 29.8 Å². The lowest BCUT2D eigenvalue weighted by Crippen LogP contribution is -2.16. The van der Waals surface area contributed by atoms with Crippen molar-refractivity contribution in [1.82, 2.24) is 9.97 Å². The van der Waals surface area contributed by atoms with E-state index < -0.39 is 0 Å². The fourth-order valence-corrected chi connectivity index (χ4v) is 2.69. The summed E-state index contributed by atoms with van der Waals surface area (Å²) in [7, 11) is 0. The van der Waals surface area contributed by atoms with Gasteiger partial charge in [-0.2, -0.15) is 0 Å². The molecule has 128 valence electrons. The number of esters is 1. The van der Waals surface area contributed by atoms with Crippen molar-refractivity contribution in [2.45, 2.75) is 46.5 Å². The second-order valence-electron chi connectivity index (χ2n) is 5.54. The predicted molar refractivity (Wildman–Crippen MR) is 96.4 cm³/mol. The highest BCUT2D eigenvalue weighted by Gasteiger charge is 2.21. The lowest BCUT2D eigenvalue weighted by molar-refractivity contribution is 0.0522. The molecule has 0 spiro atoms. The number of halogens is 1. The number of aromatic nitrogens is 2. The van der Waals surface area contributed by atoms with Crippen LogP contribution in [0.2, 0.25) is 5.02 Å². The molecule has 1 aromatic carbocycles. The summed E-state index contributed by atoms with van der Waals surface area (Å²) in [4.78, 5) is 21.7. The van der Waals surface area contributed by atoms with Crippen LogP contribution < -0.4 is 0 Å². The summed E-state index contributed by atoms with van der Waals surface area (Å²) in [6, 6.07) is 7.43. The molecule has 2 rings (SSSR count). The fourth-order valence-electron chi connectivity index (χ4n) is 2.56. The van der Waals surface area contributed by atoms with E-state index >= 15 is 0 Å². The zero-order chi connectivity index (χ0) is 17.5. The highest BCUT2D eigenvalue weighted by molar-refractivity contribution is 6.30. The van der Waals surface area contributed by atoms with Gasteiger partial charge in [-0.25, -0.2) is 14.8 Å². The Morgan fingerprint density at radius 2 is 1.54 bits per heavy atom. The van der Waals surface area contributed by atoms with Crippen LogP contribution in [0.3, 0.4) is 0 Å².